The molecule has 2 aromatic heterocycles. The molecule has 0 spiro atoms. The van der Waals surface area contributed by atoms with Gasteiger partial charge < -0.3 is 9.15 Å². The van der Waals surface area contributed by atoms with Crippen molar-refractivity contribution in [2.45, 2.75) is 0 Å². The largest absolute Gasteiger partial charge is 0.436 e. The Labute approximate surface area is 146 Å². The molecule has 0 saturated heterocycles. The Bertz CT molecular complexity index is 1020. The summed E-state index contributed by atoms with van der Waals surface area (Å²) < 4.78 is 11.7. The maximum atomic E-state index is 12.1. The molecule has 0 atom stereocenters. The van der Waals surface area contributed by atoms with Gasteiger partial charge in [-0.25, -0.2) is 9.78 Å². The van der Waals surface area contributed by atoms with Crippen molar-refractivity contribution >= 4 is 40.0 Å². The summed E-state index contributed by atoms with van der Waals surface area (Å²) >= 11 is 7.01. The maximum absolute atomic E-state index is 12.1. The van der Waals surface area contributed by atoms with Gasteiger partial charge in [0.25, 0.3) is 0 Å². The molecule has 24 heavy (non-hydrogen) atoms. The van der Waals surface area contributed by atoms with Crippen LogP contribution in [0.5, 0.6) is 5.75 Å². The maximum Gasteiger partial charge on any atom is 0.353 e. The number of hydrogen-bond donors (Lipinski definition) is 0. The highest BCUT2D eigenvalue weighted by atomic mass is 35.5. The number of rotatable bonds is 3. The van der Waals surface area contributed by atoms with Crippen LogP contribution in [0.1, 0.15) is 9.67 Å². The van der Waals surface area contributed by atoms with Crippen LogP contribution in [-0.4, -0.2) is 11.0 Å². The predicted molar refractivity (Wildman–Crippen MR) is 93.7 cm³/mol. The van der Waals surface area contributed by atoms with Gasteiger partial charge in [-0.2, -0.15) is 0 Å². The summed E-state index contributed by atoms with van der Waals surface area (Å²) in [5.74, 6) is 0.473. The van der Waals surface area contributed by atoms with E-state index in [4.69, 9.17) is 20.8 Å². The van der Waals surface area contributed by atoms with Crippen molar-refractivity contribution in [1.29, 1.82) is 0 Å². The summed E-state index contributed by atoms with van der Waals surface area (Å²) in [6, 6.07) is 18.0. The Morgan fingerprint density at radius 1 is 1.08 bits per heavy atom. The molecule has 4 aromatic rings. The van der Waals surface area contributed by atoms with E-state index in [2.05, 4.69) is 4.98 Å². The van der Waals surface area contributed by atoms with Crippen molar-refractivity contribution < 1.29 is 13.9 Å². The monoisotopic (exact) mass is 355 g/mol. The predicted octanol–water partition coefficient (Wildman–Crippen LogP) is 5.43. The van der Waals surface area contributed by atoms with Crippen molar-refractivity contribution in [2.24, 2.45) is 0 Å². The van der Waals surface area contributed by atoms with Gasteiger partial charge in [-0.05, 0) is 36.4 Å². The molecular weight excluding hydrogens is 346 g/mol. The van der Waals surface area contributed by atoms with Gasteiger partial charge in [0.1, 0.15) is 16.1 Å². The molecule has 0 aliphatic rings. The third-order valence-electron chi connectivity index (χ3n) is 3.37. The summed E-state index contributed by atoms with van der Waals surface area (Å²) in [6.07, 6.45) is 0. The Morgan fingerprint density at radius 3 is 2.67 bits per heavy atom. The Hall–Kier alpha value is -2.63. The zero-order valence-corrected chi connectivity index (χ0v) is 13.8. The van der Waals surface area contributed by atoms with Crippen LogP contribution in [0.25, 0.3) is 22.6 Å². The smallest absolute Gasteiger partial charge is 0.353 e. The minimum absolute atomic E-state index is 0.396. The second kappa shape index (κ2) is 6.11. The van der Waals surface area contributed by atoms with Crippen LogP contribution in [0, 0.1) is 0 Å². The highest BCUT2D eigenvalue weighted by Crippen LogP contribution is 2.28. The first-order valence-corrected chi connectivity index (χ1v) is 8.32. The van der Waals surface area contributed by atoms with Crippen molar-refractivity contribution in [3.05, 3.63) is 69.9 Å². The zero-order valence-electron chi connectivity index (χ0n) is 12.2. The minimum atomic E-state index is -0.450. The van der Waals surface area contributed by atoms with Gasteiger partial charge in [-0.1, -0.05) is 29.8 Å². The topological polar surface area (TPSA) is 52.3 Å². The number of ether oxygens (including phenoxy) is 1. The van der Waals surface area contributed by atoms with Crippen molar-refractivity contribution in [1.82, 2.24) is 4.98 Å². The molecule has 4 nitrogen and oxygen atoms in total. The minimum Gasteiger partial charge on any atom is -0.436 e. The van der Waals surface area contributed by atoms with Crippen molar-refractivity contribution in [3.8, 4) is 17.2 Å². The van der Waals surface area contributed by atoms with E-state index in [9.17, 15) is 4.79 Å². The quantitative estimate of drug-likeness (QED) is 0.363. The van der Waals surface area contributed by atoms with Crippen LogP contribution >= 0.6 is 22.9 Å². The second-order valence-electron chi connectivity index (χ2n) is 5.01. The van der Waals surface area contributed by atoms with Gasteiger partial charge in [0.05, 0.1) is 4.34 Å². The molecule has 0 fully saturated rings. The van der Waals surface area contributed by atoms with E-state index in [1.54, 1.807) is 30.3 Å². The number of carbonyl (C=O) groups excluding carboxylic acids is 1. The Kier molecular flexibility index (Phi) is 3.80. The lowest BCUT2D eigenvalue weighted by molar-refractivity contribution is 0.0740. The average Bonchev–Trinajstić information content (AvgIpc) is 3.21. The van der Waals surface area contributed by atoms with Crippen molar-refractivity contribution in [3.63, 3.8) is 0 Å². The van der Waals surface area contributed by atoms with Crippen molar-refractivity contribution in [2.75, 3.05) is 0 Å². The van der Waals surface area contributed by atoms with Gasteiger partial charge in [-0.3, -0.25) is 0 Å². The summed E-state index contributed by atoms with van der Waals surface area (Å²) in [6.45, 7) is 0. The summed E-state index contributed by atoms with van der Waals surface area (Å²) in [7, 11) is 0. The highest BCUT2D eigenvalue weighted by molar-refractivity contribution is 7.17. The average molecular weight is 356 g/mol. The molecule has 0 saturated carbocycles. The van der Waals surface area contributed by atoms with E-state index in [1.807, 2.05) is 30.3 Å². The van der Waals surface area contributed by atoms with Crippen LogP contribution < -0.4 is 4.74 Å². The molecule has 4 rings (SSSR count). The first-order valence-electron chi connectivity index (χ1n) is 7.12. The highest BCUT2D eigenvalue weighted by Gasteiger charge is 2.13. The molecule has 0 amide bonds. The van der Waals surface area contributed by atoms with Crippen LogP contribution in [0.3, 0.4) is 0 Å². The molecule has 0 aliphatic heterocycles. The Morgan fingerprint density at radius 2 is 1.92 bits per heavy atom. The van der Waals surface area contributed by atoms with E-state index in [0.29, 0.717) is 32.0 Å². The second-order valence-corrected chi connectivity index (χ2v) is 6.72. The number of halogens is 1. The van der Waals surface area contributed by atoms with Gasteiger partial charge in [-0.15, -0.1) is 11.3 Å². The number of carbonyl (C=O) groups is 1. The van der Waals surface area contributed by atoms with Crippen LogP contribution in [0.2, 0.25) is 4.34 Å². The lowest BCUT2D eigenvalue weighted by Gasteiger charge is -2.01. The third kappa shape index (κ3) is 2.91. The number of hydrogen-bond acceptors (Lipinski definition) is 5. The van der Waals surface area contributed by atoms with E-state index in [1.165, 1.54) is 11.3 Å². The fourth-order valence-corrected chi connectivity index (χ4v) is 3.17. The number of nitrogens with zero attached hydrogens (tertiary/aromatic N) is 1. The number of fused-ring (bicyclic) bond motifs is 1. The molecule has 0 unspecified atom stereocenters. The fourth-order valence-electron chi connectivity index (χ4n) is 2.25. The molecule has 0 aliphatic carbocycles. The zero-order chi connectivity index (χ0) is 16.5. The molecule has 6 heteroatoms. The molecule has 118 valence electrons. The first kappa shape index (κ1) is 14.9. The van der Waals surface area contributed by atoms with Gasteiger partial charge >= 0.3 is 5.97 Å². The molecule has 0 bridgehead atoms. The number of aromatic nitrogens is 1. The van der Waals surface area contributed by atoms with Gasteiger partial charge in [0.2, 0.25) is 5.89 Å². The molecule has 0 radical (unpaired) electrons. The van der Waals surface area contributed by atoms with E-state index >= 15 is 0 Å². The SMILES string of the molecule is O=C(Oc1ccc2nc(-c3ccccc3)oc2c1)c1ccc(Cl)s1. The third-order valence-corrected chi connectivity index (χ3v) is 4.58. The van der Waals surface area contributed by atoms with E-state index < -0.39 is 5.97 Å². The number of benzene rings is 2. The normalized spacial score (nSPS) is 10.9. The number of oxazole rings is 1. The summed E-state index contributed by atoms with van der Waals surface area (Å²) in [4.78, 5) is 17.0. The fraction of sp³-hybridized carbons (Fsp3) is 0. The number of esters is 1. The van der Waals surface area contributed by atoms with Crippen LogP contribution in [-0.2, 0) is 0 Å². The molecule has 0 N–H and O–H groups in total. The summed E-state index contributed by atoms with van der Waals surface area (Å²) in [5, 5.41) is 0. The number of thiophene rings is 1. The standard InChI is InChI=1S/C18H10ClNO3S/c19-16-9-8-15(24-16)18(21)22-12-6-7-13-14(10-12)23-17(20-13)11-4-2-1-3-5-11/h1-10H. The molecule has 2 aromatic carbocycles. The van der Waals surface area contributed by atoms with Gasteiger partial charge in [0, 0.05) is 11.6 Å². The lowest BCUT2D eigenvalue weighted by atomic mass is 10.2. The first-order chi connectivity index (χ1) is 11.7. The lowest BCUT2D eigenvalue weighted by Crippen LogP contribution is -2.05. The summed E-state index contributed by atoms with van der Waals surface area (Å²) in [5.41, 5.74) is 2.15. The van der Waals surface area contributed by atoms with E-state index in [-0.39, 0.29) is 0 Å². The van der Waals surface area contributed by atoms with Crippen LogP contribution in [0.15, 0.2) is 65.1 Å². The molecular formula is C18H10ClNO3S. The molecule has 2 heterocycles. The van der Waals surface area contributed by atoms with E-state index in [0.717, 1.165) is 5.56 Å². The van der Waals surface area contributed by atoms with Crippen LogP contribution in [0.4, 0.5) is 0 Å². The Balaban J connectivity index is 1.62. The van der Waals surface area contributed by atoms with Gasteiger partial charge in [0.15, 0.2) is 5.58 Å².